The van der Waals surface area contributed by atoms with Gasteiger partial charge in [0, 0.05) is 52.4 Å². The van der Waals surface area contributed by atoms with E-state index in [0.717, 1.165) is 71.2 Å². The number of nitrogens with zero attached hydrogens (tertiary/aromatic N) is 5. The minimum Gasteiger partial charge on any atom is -0.357 e. The first-order valence-corrected chi connectivity index (χ1v) is 13.0. The highest BCUT2D eigenvalue weighted by Crippen LogP contribution is 2.14. The Hall–Kier alpha value is -1.34. The van der Waals surface area contributed by atoms with Gasteiger partial charge in [0.1, 0.15) is 0 Å². The molecule has 0 aromatic heterocycles. The second-order valence-corrected chi connectivity index (χ2v) is 9.43. The molecule has 0 aliphatic carbocycles. The van der Waals surface area contributed by atoms with E-state index in [0.29, 0.717) is 5.91 Å². The van der Waals surface area contributed by atoms with Gasteiger partial charge in [-0.3, -0.25) is 14.7 Å². The Bertz CT molecular complexity index is 548. The highest BCUT2D eigenvalue weighted by molar-refractivity contribution is 5.82. The van der Waals surface area contributed by atoms with Gasteiger partial charge in [0.25, 0.3) is 0 Å². The number of aliphatic imine (C=N–C) groups is 1. The number of unbranched alkanes of at least 4 members (excludes halogenated alkanes) is 2. The molecule has 1 atom stereocenters. The van der Waals surface area contributed by atoms with Gasteiger partial charge in [-0.1, -0.05) is 12.8 Å². The van der Waals surface area contributed by atoms with Crippen LogP contribution in [0.4, 0.5) is 0 Å². The summed E-state index contributed by atoms with van der Waals surface area (Å²) < 4.78 is 0. The van der Waals surface area contributed by atoms with Gasteiger partial charge in [0.05, 0.1) is 6.04 Å². The Labute approximate surface area is 190 Å². The first-order chi connectivity index (χ1) is 15.2. The summed E-state index contributed by atoms with van der Waals surface area (Å²) in [5, 5.41) is 3.48. The zero-order valence-electron chi connectivity index (χ0n) is 20.2. The van der Waals surface area contributed by atoms with Crippen molar-refractivity contribution < 1.29 is 4.79 Å². The van der Waals surface area contributed by atoms with Crippen LogP contribution >= 0.6 is 0 Å². The number of likely N-dealkylation sites (tertiary alicyclic amines) is 2. The van der Waals surface area contributed by atoms with Gasteiger partial charge in [-0.2, -0.15) is 0 Å². The van der Waals surface area contributed by atoms with E-state index in [-0.39, 0.29) is 6.04 Å². The molecule has 1 N–H and O–H groups in total. The number of rotatable bonds is 9. The van der Waals surface area contributed by atoms with Crippen LogP contribution in [0.15, 0.2) is 4.99 Å². The van der Waals surface area contributed by atoms with Gasteiger partial charge in [0.2, 0.25) is 5.91 Å². The molecule has 3 heterocycles. The fourth-order valence-electron chi connectivity index (χ4n) is 5.10. The maximum Gasteiger partial charge on any atom is 0.239 e. The monoisotopic (exact) mass is 434 g/mol. The summed E-state index contributed by atoms with van der Waals surface area (Å²) in [7, 11) is 0. The lowest BCUT2D eigenvalue weighted by Crippen LogP contribution is -2.57. The Morgan fingerprint density at radius 2 is 1.52 bits per heavy atom. The van der Waals surface area contributed by atoms with Crippen molar-refractivity contribution >= 4 is 11.9 Å². The Morgan fingerprint density at radius 3 is 2.19 bits per heavy atom. The van der Waals surface area contributed by atoms with Crippen molar-refractivity contribution in [2.45, 2.75) is 71.3 Å². The molecule has 1 unspecified atom stereocenters. The first kappa shape index (κ1) is 24.3. The van der Waals surface area contributed by atoms with Gasteiger partial charge >= 0.3 is 0 Å². The molecule has 0 bridgehead atoms. The van der Waals surface area contributed by atoms with Crippen molar-refractivity contribution in [1.29, 1.82) is 0 Å². The highest BCUT2D eigenvalue weighted by atomic mass is 16.2. The maximum atomic E-state index is 12.7. The molecule has 31 heavy (non-hydrogen) atoms. The summed E-state index contributed by atoms with van der Waals surface area (Å²) in [5.41, 5.74) is 0. The van der Waals surface area contributed by atoms with E-state index in [1.807, 2.05) is 4.90 Å². The number of amides is 1. The molecule has 3 aliphatic rings. The molecular formula is C24H46N6O. The van der Waals surface area contributed by atoms with Crippen LogP contribution in [-0.2, 0) is 4.79 Å². The number of carbonyl (C=O) groups is 1. The number of hydrogen-bond donors (Lipinski definition) is 1. The Kier molecular flexibility index (Phi) is 10.4. The van der Waals surface area contributed by atoms with Gasteiger partial charge in [-0.15, -0.1) is 0 Å². The summed E-state index contributed by atoms with van der Waals surface area (Å²) in [6.07, 6.45) is 10.2. The maximum absolute atomic E-state index is 12.7. The third kappa shape index (κ3) is 7.63. The lowest BCUT2D eigenvalue weighted by Gasteiger charge is -2.39. The summed E-state index contributed by atoms with van der Waals surface area (Å²) >= 11 is 0. The summed E-state index contributed by atoms with van der Waals surface area (Å²) in [6, 6.07) is -0.000299. The molecule has 7 heteroatoms. The highest BCUT2D eigenvalue weighted by Gasteiger charge is 2.30. The molecule has 3 aliphatic heterocycles. The van der Waals surface area contributed by atoms with Crippen LogP contribution in [0.2, 0.25) is 0 Å². The van der Waals surface area contributed by atoms with Gasteiger partial charge < -0.3 is 20.0 Å². The van der Waals surface area contributed by atoms with Crippen LogP contribution in [0.25, 0.3) is 0 Å². The van der Waals surface area contributed by atoms with Crippen LogP contribution in [0.1, 0.15) is 65.2 Å². The standard InChI is InChI=1S/C24H46N6O/c1-3-25-24(26-12-6-4-7-13-27-14-8-5-9-15-27)30-20-18-28(19-21-30)22(2)23(31)29-16-10-11-17-29/h22H,3-21H2,1-2H3,(H,25,26). The molecule has 3 fully saturated rings. The minimum atomic E-state index is -0.000299. The molecule has 1 amide bonds. The third-order valence-electron chi connectivity index (χ3n) is 7.11. The average molecular weight is 435 g/mol. The summed E-state index contributed by atoms with van der Waals surface area (Å²) in [5.74, 6) is 1.37. The molecule has 3 rings (SSSR count). The second kappa shape index (κ2) is 13.3. The van der Waals surface area contributed by atoms with Crippen LogP contribution in [0.3, 0.4) is 0 Å². The number of nitrogens with one attached hydrogen (secondary N) is 1. The first-order valence-electron chi connectivity index (χ1n) is 13.0. The normalized spacial score (nSPS) is 22.7. The van der Waals surface area contributed by atoms with E-state index in [2.05, 4.69) is 33.9 Å². The van der Waals surface area contributed by atoms with Crippen molar-refractivity contribution in [3.63, 3.8) is 0 Å². The van der Waals surface area contributed by atoms with E-state index in [4.69, 9.17) is 4.99 Å². The number of guanidine groups is 1. The molecule has 178 valence electrons. The molecule has 0 spiro atoms. The zero-order valence-corrected chi connectivity index (χ0v) is 20.2. The number of piperidine rings is 1. The van der Waals surface area contributed by atoms with E-state index in [1.165, 1.54) is 58.2 Å². The fraction of sp³-hybridized carbons (Fsp3) is 0.917. The van der Waals surface area contributed by atoms with Crippen molar-refractivity contribution in [2.75, 3.05) is 72.0 Å². The minimum absolute atomic E-state index is 0.000299. The van der Waals surface area contributed by atoms with Crippen LogP contribution in [0.5, 0.6) is 0 Å². The molecule has 0 saturated carbocycles. The number of hydrogen-bond acceptors (Lipinski definition) is 4. The van der Waals surface area contributed by atoms with Gasteiger partial charge in [0.15, 0.2) is 5.96 Å². The largest absolute Gasteiger partial charge is 0.357 e. The molecular weight excluding hydrogens is 388 g/mol. The van der Waals surface area contributed by atoms with Crippen molar-refractivity contribution in [2.24, 2.45) is 4.99 Å². The van der Waals surface area contributed by atoms with Gasteiger partial charge in [-0.05, 0) is 72.0 Å². The van der Waals surface area contributed by atoms with Crippen molar-refractivity contribution in [1.82, 2.24) is 24.9 Å². The fourth-order valence-corrected chi connectivity index (χ4v) is 5.10. The molecule has 0 aromatic rings. The average Bonchev–Trinajstić information content (AvgIpc) is 3.35. The lowest BCUT2D eigenvalue weighted by atomic mass is 10.1. The molecule has 0 aromatic carbocycles. The SMILES string of the molecule is CCNC(=NCCCCCN1CCCCC1)N1CCN(C(C)C(=O)N2CCCC2)CC1. The van der Waals surface area contributed by atoms with Crippen LogP contribution < -0.4 is 5.32 Å². The van der Waals surface area contributed by atoms with Crippen LogP contribution in [-0.4, -0.2) is 110 Å². The lowest BCUT2D eigenvalue weighted by molar-refractivity contribution is -0.135. The van der Waals surface area contributed by atoms with E-state index in [1.54, 1.807) is 0 Å². The predicted octanol–water partition coefficient (Wildman–Crippen LogP) is 2.24. The third-order valence-corrected chi connectivity index (χ3v) is 7.11. The van der Waals surface area contributed by atoms with E-state index in [9.17, 15) is 4.79 Å². The topological polar surface area (TPSA) is 54.4 Å². The quantitative estimate of drug-likeness (QED) is 0.343. The molecule has 3 saturated heterocycles. The Balaban J connectivity index is 1.36. The Morgan fingerprint density at radius 1 is 0.839 bits per heavy atom. The van der Waals surface area contributed by atoms with E-state index < -0.39 is 0 Å². The van der Waals surface area contributed by atoms with Crippen LogP contribution in [0, 0.1) is 0 Å². The smallest absolute Gasteiger partial charge is 0.239 e. The summed E-state index contributed by atoms with van der Waals surface area (Å²) in [4.78, 5) is 27.0. The zero-order chi connectivity index (χ0) is 21.9. The molecule has 7 nitrogen and oxygen atoms in total. The number of carbonyl (C=O) groups excluding carboxylic acids is 1. The second-order valence-electron chi connectivity index (χ2n) is 9.43. The van der Waals surface area contributed by atoms with Crippen molar-refractivity contribution in [3.05, 3.63) is 0 Å². The summed E-state index contributed by atoms with van der Waals surface area (Å²) in [6.45, 7) is 15.5. The van der Waals surface area contributed by atoms with Crippen molar-refractivity contribution in [3.8, 4) is 0 Å². The number of piperazine rings is 1. The van der Waals surface area contributed by atoms with Gasteiger partial charge in [-0.25, -0.2) is 0 Å². The van der Waals surface area contributed by atoms with E-state index >= 15 is 0 Å². The molecule has 0 radical (unpaired) electrons. The predicted molar refractivity (Wildman–Crippen MR) is 129 cm³/mol.